The molecular formula is C30H56NO3P. The van der Waals surface area contributed by atoms with Crippen LogP contribution in [0.5, 0.6) is 0 Å². The van der Waals surface area contributed by atoms with E-state index in [4.69, 9.17) is 9.05 Å². The molecule has 0 aliphatic heterocycles. The van der Waals surface area contributed by atoms with E-state index in [0.29, 0.717) is 19.8 Å². The molecule has 0 fully saturated rings. The minimum Gasteiger partial charge on any atom is -0.307 e. The lowest BCUT2D eigenvalue weighted by atomic mass is 10.1. The Kier molecular flexibility index (Phi) is 18.9. The molecular weight excluding hydrogens is 453 g/mol. The lowest BCUT2D eigenvalue weighted by Gasteiger charge is -2.34. The summed E-state index contributed by atoms with van der Waals surface area (Å²) in [4.78, 5) is 0. The number of nitrogens with one attached hydrogen (secondary N) is 1. The summed E-state index contributed by atoms with van der Waals surface area (Å²) in [6, 6.07) is 10.2. The SMILES string of the molecule is CCCCCCCCCCOP(=O)(OCCCCCCCCCC)C(C)(C)NCc1ccccc1. The van der Waals surface area contributed by atoms with Crippen LogP contribution in [0.25, 0.3) is 0 Å². The van der Waals surface area contributed by atoms with Crippen molar-refractivity contribution in [3.8, 4) is 0 Å². The number of unbranched alkanes of at least 4 members (excludes halogenated alkanes) is 14. The molecule has 0 aliphatic carbocycles. The predicted octanol–water partition coefficient (Wildman–Crippen LogP) is 10.0. The summed E-state index contributed by atoms with van der Waals surface area (Å²) in [5.41, 5.74) is 1.17. The van der Waals surface area contributed by atoms with Crippen LogP contribution in [0.3, 0.4) is 0 Å². The van der Waals surface area contributed by atoms with E-state index in [1.54, 1.807) is 0 Å². The lowest BCUT2D eigenvalue weighted by Crippen LogP contribution is -2.40. The van der Waals surface area contributed by atoms with Crippen LogP contribution in [0.4, 0.5) is 0 Å². The predicted molar refractivity (Wildman–Crippen MR) is 152 cm³/mol. The minimum atomic E-state index is -3.31. The topological polar surface area (TPSA) is 47.6 Å². The van der Waals surface area contributed by atoms with Crippen LogP contribution < -0.4 is 5.32 Å². The molecule has 35 heavy (non-hydrogen) atoms. The van der Waals surface area contributed by atoms with Gasteiger partial charge in [0.25, 0.3) is 0 Å². The zero-order valence-electron chi connectivity index (χ0n) is 23.5. The summed E-state index contributed by atoms with van der Waals surface area (Å²) in [7, 11) is -3.31. The molecule has 5 heteroatoms. The average Bonchev–Trinajstić information content (AvgIpc) is 2.86. The molecule has 1 rings (SSSR count). The summed E-state index contributed by atoms with van der Waals surface area (Å²) < 4.78 is 26.1. The molecule has 0 aliphatic rings. The Labute approximate surface area is 217 Å². The standard InChI is InChI=1S/C30H56NO3P/c1-5-7-9-11-13-15-17-22-26-33-35(32,34-27-23-18-16-14-12-10-8-6-2)30(3,4)31-28-29-24-20-19-21-25-29/h19-21,24-25,31H,5-18,22-23,26-28H2,1-4H3. The monoisotopic (exact) mass is 509 g/mol. The first-order valence-corrected chi connectivity index (χ1v) is 16.2. The van der Waals surface area contributed by atoms with Crippen LogP contribution >= 0.6 is 7.60 Å². The average molecular weight is 510 g/mol. The number of hydrogen-bond donors (Lipinski definition) is 1. The maximum absolute atomic E-state index is 14.0. The van der Waals surface area contributed by atoms with Crippen molar-refractivity contribution in [3.63, 3.8) is 0 Å². The largest absolute Gasteiger partial charge is 0.349 e. The molecule has 1 aromatic carbocycles. The summed E-state index contributed by atoms with van der Waals surface area (Å²) in [5.74, 6) is 0. The van der Waals surface area contributed by atoms with Gasteiger partial charge in [0.2, 0.25) is 0 Å². The van der Waals surface area contributed by atoms with Gasteiger partial charge >= 0.3 is 7.60 Å². The smallest absolute Gasteiger partial charge is 0.307 e. The van der Waals surface area contributed by atoms with Crippen LogP contribution in [0, 0.1) is 0 Å². The Balaban J connectivity index is 2.47. The second kappa shape index (κ2) is 20.4. The third-order valence-corrected chi connectivity index (χ3v) is 9.34. The van der Waals surface area contributed by atoms with E-state index in [9.17, 15) is 4.57 Å². The Morgan fingerprint density at radius 3 is 1.49 bits per heavy atom. The first-order chi connectivity index (χ1) is 16.9. The van der Waals surface area contributed by atoms with Gasteiger partial charge in [0.1, 0.15) is 5.28 Å². The molecule has 1 aromatic rings. The molecule has 0 amide bonds. The normalized spacial score (nSPS) is 12.3. The fourth-order valence-corrected chi connectivity index (χ4v) is 5.94. The Morgan fingerprint density at radius 2 is 1.06 bits per heavy atom. The summed E-state index contributed by atoms with van der Waals surface area (Å²) in [5, 5.41) is 2.72. The van der Waals surface area contributed by atoms with Gasteiger partial charge in [0.15, 0.2) is 0 Å². The Hall–Kier alpha value is -0.670. The zero-order valence-corrected chi connectivity index (χ0v) is 24.4. The van der Waals surface area contributed by atoms with Gasteiger partial charge in [-0.2, -0.15) is 0 Å². The maximum atomic E-state index is 14.0. The van der Waals surface area contributed by atoms with Gasteiger partial charge in [-0.15, -0.1) is 0 Å². The highest BCUT2D eigenvalue weighted by molar-refractivity contribution is 7.55. The van der Waals surface area contributed by atoms with E-state index in [1.165, 1.54) is 82.6 Å². The second-order valence-electron chi connectivity index (χ2n) is 10.5. The molecule has 0 aromatic heterocycles. The van der Waals surface area contributed by atoms with Crippen LogP contribution in [-0.4, -0.2) is 18.5 Å². The van der Waals surface area contributed by atoms with Gasteiger partial charge in [0.05, 0.1) is 13.2 Å². The first kappa shape index (κ1) is 32.4. The highest BCUT2D eigenvalue weighted by atomic mass is 31.2. The van der Waals surface area contributed by atoms with Gasteiger partial charge in [-0.05, 0) is 32.3 Å². The zero-order chi connectivity index (χ0) is 25.7. The summed E-state index contributed by atoms with van der Waals surface area (Å²) >= 11 is 0. The van der Waals surface area contributed by atoms with E-state index in [-0.39, 0.29) is 0 Å². The minimum absolute atomic E-state index is 0.500. The molecule has 0 saturated carbocycles. The Bertz CT molecular complexity index is 624. The van der Waals surface area contributed by atoms with E-state index in [0.717, 1.165) is 25.7 Å². The third-order valence-electron chi connectivity index (χ3n) is 6.77. The van der Waals surface area contributed by atoms with Crippen molar-refractivity contribution in [2.24, 2.45) is 0 Å². The van der Waals surface area contributed by atoms with Crippen molar-refractivity contribution in [3.05, 3.63) is 35.9 Å². The molecule has 0 radical (unpaired) electrons. The summed E-state index contributed by atoms with van der Waals surface area (Å²) in [6.07, 6.45) is 19.8. The van der Waals surface area contributed by atoms with Crippen molar-refractivity contribution in [1.82, 2.24) is 5.32 Å². The molecule has 1 N–H and O–H groups in total. The fourth-order valence-electron chi connectivity index (χ4n) is 4.21. The molecule has 0 heterocycles. The van der Waals surface area contributed by atoms with Crippen LogP contribution in [0.15, 0.2) is 30.3 Å². The van der Waals surface area contributed by atoms with Crippen LogP contribution in [0.2, 0.25) is 0 Å². The summed E-state index contributed by atoms with van der Waals surface area (Å²) in [6.45, 7) is 10.1. The van der Waals surface area contributed by atoms with Crippen LogP contribution in [0.1, 0.15) is 136 Å². The third kappa shape index (κ3) is 15.2. The molecule has 204 valence electrons. The van der Waals surface area contributed by atoms with Gasteiger partial charge in [-0.3, -0.25) is 9.88 Å². The molecule has 0 spiro atoms. The van der Waals surface area contributed by atoms with E-state index < -0.39 is 12.9 Å². The highest BCUT2D eigenvalue weighted by Gasteiger charge is 2.43. The van der Waals surface area contributed by atoms with Crippen molar-refractivity contribution >= 4 is 7.60 Å². The molecule has 4 nitrogen and oxygen atoms in total. The maximum Gasteiger partial charge on any atom is 0.349 e. The number of rotatable bonds is 24. The Morgan fingerprint density at radius 1 is 0.657 bits per heavy atom. The fraction of sp³-hybridized carbons (Fsp3) is 0.800. The molecule has 0 saturated heterocycles. The quantitative estimate of drug-likeness (QED) is 0.111. The van der Waals surface area contributed by atoms with Crippen molar-refractivity contribution in [2.75, 3.05) is 13.2 Å². The van der Waals surface area contributed by atoms with Gasteiger partial charge in [0, 0.05) is 6.54 Å². The number of benzene rings is 1. The first-order valence-electron chi connectivity index (χ1n) is 14.6. The van der Waals surface area contributed by atoms with Crippen molar-refractivity contribution < 1.29 is 13.6 Å². The molecule has 0 unspecified atom stereocenters. The van der Waals surface area contributed by atoms with E-state index in [1.807, 2.05) is 32.0 Å². The lowest BCUT2D eigenvalue weighted by molar-refractivity contribution is 0.173. The van der Waals surface area contributed by atoms with Crippen LogP contribution in [-0.2, 0) is 20.2 Å². The van der Waals surface area contributed by atoms with Gasteiger partial charge in [-0.25, -0.2) is 0 Å². The van der Waals surface area contributed by atoms with Crippen molar-refractivity contribution in [1.29, 1.82) is 0 Å². The van der Waals surface area contributed by atoms with Gasteiger partial charge in [-0.1, -0.05) is 134 Å². The molecule has 0 bridgehead atoms. The van der Waals surface area contributed by atoms with Crippen molar-refractivity contribution in [2.45, 2.75) is 142 Å². The number of hydrogen-bond acceptors (Lipinski definition) is 4. The second-order valence-corrected chi connectivity index (χ2v) is 13.1. The van der Waals surface area contributed by atoms with Gasteiger partial charge < -0.3 is 9.05 Å². The molecule has 0 atom stereocenters. The van der Waals surface area contributed by atoms with E-state index in [2.05, 4.69) is 31.3 Å². The van der Waals surface area contributed by atoms with E-state index >= 15 is 0 Å². The highest BCUT2D eigenvalue weighted by Crippen LogP contribution is 2.58.